The molecule has 0 radical (unpaired) electrons. The minimum absolute atomic E-state index is 0.0894. The molecule has 0 aromatic rings. The van der Waals surface area contributed by atoms with E-state index in [1.165, 1.54) is 38.5 Å². The van der Waals surface area contributed by atoms with Crippen LogP contribution in [0.25, 0.3) is 0 Å². The summed E-state index contributed by atoms with van der Waals surface area (Å²) in [5.41, 5.74) is -0.0894. The van der Waals surface area contributed by atoms with E-state index in [1.807, 2.05) is 20.8 Å². The standard InChI is InChI=1S/C16H33NO/c1-14(2)12-10-8-6-7-9-11-13-15(18)17-16(3,4)5/h14H,6-13H2,1-5H3,(H,17,18). The average Bonchev–Trinajstić information content (AvgIpc) is 2.18. The van der Waals surface area contributed by atoms with Crippen molar-refractivity contribution in [2.45, 2.75) is 91.5 Å². The van der Waals surface area contributed by atoms with Crippen LogP contribution >= 0.6 is 0 Å². The molecule has 0 aliphatic carbocycles. The maximum absolute atomic E-state index is 11.6. The number of unbranched alkanes of at least 4 members (excludes halogenated alkanes) is 5. The molecule has 0 spiro atoms. The third-order valence-corrected chi connectivity index (χ3v) is 2.95. The molecule has 0 heterocycles. The number of carbonyl (C=O) groups is 1. The topological polar surface area (TPSA) is 29.1 Å². The highest BCUT2D eigenvalue weighted by atomic mass is 16.1. The fourth-order valence-electron chi connectivity index (χ4n) is 2.03. The van der Waals surface area contributed by atoms with Crippen LogP contribution in [0.4, 0.5) is 0 Å². The normalized spacial score (nSPS) is 11.9. The highest BCUT2D eigenvalue weighted by Gasteiger charge is 2.12. The van der Waals surface area contributed by atoms with E-state index in [9.17, 15) is 4.79 Å². The predicted molar refractivity (Wildman–Crippen MR) is 79.7 cm³/mol. The van der Waals surface area contributed by atoms with Crippen molar-refractivity contribution in [1.29, 1.82) is 0 Å². The summed E-state index contributed by atoms with van der Waals surface area (Å²) in [5, 5.41) is 3.00. The van der Waals surface area contributed by atoms with Gasteiger partial charge in [0.05, 0.1) is 0 Å². The van der Waals surface area contributed by atoms with Crippen LogP contribution in [-0.4, -0.2) is 11.4 Å². The fraction of sp³-hybridized carbons (Fsp3) is 0.938. The van der Waals surface area contributed by atoms with Crippen LogP contribution in [0.2, 0.25) is 0 Å². The van der Waals surface area contributed by atoms with Gasteiger partial charge >= 0.3 is 0 Å². The summed E-state index contributed by atoms with van der Waals surface area (Å²) in [6.07, 6.45) is 9.59. The molecule has 1 N–H and O–H groups in total. The first-order valence-electron chi connectivity index (χ1n) is 7.62. The van der Waals surface area contributed by atoms with Gasteiger partial charge in [-0.15, -0.1) is 0 Å². The molecule has 0 aliphatic rings. The van der Waals surface area contributed by atoms with Gasteiger partial charge in [-0.2, -0.15) is 0 Å². The Bertz CT molecular complexity index is 216. The quantitative estimate of drug-likeness (QED) is 0.596. The van der Waals surface area contributed by atoms with Crippen molar-refractivity contribution in [3.63, 3.8) is 0 Å². The zero-order valence-electron chi connectivity index (χ0n) is 13.1. The molecule has 0 aliphatic heterocycles. The molecule has 0 unspecified atom stereocenters. The summed E-state index contributed by atoms with van der Waals surface area (Å²) in [5.74, 6) is 1.04. The van der Waals surface area contributed by atoms with E-state index in [0.29, 0.717) is 6.42 Å². The van der Waals surface area contributed by atoms with Crippen LogP contribution < -0.4 is 5.32 Å². The van der Waals surface area contributed by atoms with Crippen molar-refractivity contribution in [2.75, 3.05) is 0 Å². The van der Waals surface area contributed by atoms with Gasteiger partial charge < -0.3 is 5.32 Å². The molecule has 108 valence electrons. The van der Waals surface area contributed by atoms with Gasteiger partial charge in [0.1, 0.15) is 0 Å². The molecule has 1 amide bonds. The SMILES string of the molecule is CC(C)CCCCCCCCC(=O)NC(C)(C)C. The summed E-state index contributed by atoms with van der Waals surface area (Å²) in [6.45, 7) is 10.7. The Morgan fingerprint density at radius 1 is 0.944 bits per heavy atom. The largest absolute Gasteiger partial charge is 0.352 e. The molecule has 0 atom stereocenters. The van der Waals surface area contributed by atoms with Gasteiger partial charge in [-0.05, 0) is 33.1 Å². The third-order valence-electron chi connectivity index (χ3n) is 2.95. The van der Waals surface area contributed by atoms with Crippen molar-refractivity contribution in [3.05, 3.63) is 0 Å². The molecule has 0 saturated carbocycles. The van der Waals surface area contributed by atoms with Crippen molar-refractivity contribution < 1.29 is 4.79 Å². The maximum Gasteiger partial charge on any atom is 0.220 e. The second kappa shape index (κ2) is 9.41. The molecular weight excluding hydrogens is 222 g/mol. The van der Waals surface area contributed by atoms with Crippen LogP contribution in [0.5, 0.6) is 0 Å². The van der Waals surface area contributed by atoms with E-state index in [1.54, 1.807) is 0 Å². The number of carbonyl (C=O) groups excluding carboxylic acids is 1. The van der Waals surface area contributed by atoms with E-state index >= 15 is 0 Å². The summed E-state index contributed by atoms with van der Waals surface area (Å²) in [4.78, 5) is 11.6. The number of nitrogens with one attached hydrogen (secondary N) is 1. The van der Waals surface area contributed by atoms with Crippen molar-refractivity contribution in [3.8, 4) is 0 Å². The highest BCUT2D eigenvalue weighted by Crippen LogP contribution is 2.12. The van der Waals surface area contributed by atoms with E-state index < -0.39 is 0 Å². The van der Waals surface area contributed by atoms with E-state index in [4.69, 9.17) is 0 Å². The minimum Gasteiger partial charge on any atom is -0.352 e. The summed E-state index contributed by atoms with van der Waals surface area (Å²) < 4.78 is 0. The Hall–Kier alpha value is -0.530. The van der Waals surface area contributed by atoms with Crippen LogP contribution in [0.3, 0.4) is 0 Å². The number of amides is 1. The van der Waals surface area contributed by atoms with Gasteiger partial charge in [-0.25, -0.2) is 0 Å². The smallest absolute Gasteiger partial charge is 0.220 e. The maximum atomic E-state index is 11.6. The molecule has 2 nitrogen and oxygen atoms in total. The lowest BCUT2D eigenvalue weighted by atomic mass is 10.0. The summed E-state index contributed by atoms with van der Waals surface area (Å²) in [6, 6.07) is 0. The lowest BCUT2D eigenvalue weighted by molar-refractivity contribution is -0.122. The molecule has 0 fully saturated rings. The summed E-state index contributed by atoms with van der Waals surface area (Å²) in [7, 11) is 0. The molecule has 0 aromatic heterocycles. The van der Waals surface area contributed by atoms with E-state index in [0.717, 1.165) is 12.3 Å². The Morgan fingerprint density at radius 2 is 1.44 bits per heavy atom. The first kappa shape index (κ1) is 17.5. The molecular formula is C16H33NO. The van der Waals surface area contributed by atoms with E-state index in [-0.39, 0.29) is 11.4 Å². The fourth-order valence-corrected chi connectivity index (χ4v) is 2.03. The molecule has 0 aromatic carbocycles. The zero-order valence-corrected chi connectivity index (χ0v) is 13.1. The molecule has 0 saturated heterocycles. The van der Waals surface area contributed by atoms with Crippen LogP contribution in [-0.2, 0) is 4.79 Å². The van der Waals surface area contributed by atoms with Gasteiger partial charge in [0.15, 0.2) is 0 Å². The average molecular weight is 255 g/mol. The Labute approximate surface area is 114 Å². The highest BCUT2D eigenvalue weighted by molar-refractivity contribution is 5.76. The first-order valence-corrected chi connectivity index (χ1v) is 7.62. The van der Waals surface area contributed by atoms with Gasteiger partial charge in [0.2, 0.25) is 5.91 Å². The second-order valence-corrected chi connectivity index (χ2v) is 6.85. The van der Waals surface area contributed by atoms with Crippen molar-refractivity contribution in [2.24, 2.45) is 5.92 Å². The lowest BCUT2D eigenvalue weighted by Crippen LogP contribution is -2.40. The van der Waals surface area contributed by atoms with Gasteiger partial charge in [0.25, 0.3) is 0 Å². The Balaban J connectivity index is 3.28. The minimum atomic E-state index is -0.0894. The van der Waals surface area contributed by atoms with Gasteiger partial charge in [-0.1, -0.05) is 52.4 Å². The molecule has 0 bridgehead atoms. The zero-order chi connectivity index (χ0) is 14.0. The van der Waals surface area contributed by atoms with Crippen LogP contribution in [0.15, 0.2) is 0 Å². The lowest BCUT2D eigenvalue weighted by Gasteiger charge is -2.20. The predicted octanol–water partition coefficient (Wildman–Crippen LogP) is 4.68. The first-order chi connectivity index (χ1) is 8.31. The van der Waals surface area contributed by atoms with Crippen LogP contribution in [0, 0.1) is 5.92 Å². The third kappa shape index (κ3) is 13.5. The summed E-state index contributed by atoms with van der Waals surface area (Å²) >= 11 is 0. The molecule has 0 rings (SSSR count). The van der Waals surface area contributed by atoms with Crippen LogP contribution in [0.1, 0.15) is 86.0 Å². The Kier molecular flexibility index (Phi) is 9.13. The second-order valence-electron chi connectivity index (χ2n) is 6.85. The molecule has 2 heteroatoms. The Morgan fingerprint density at radius 3 is 1.94 bits per heavy atom. The van der Waals surface area contributed by atoms with E-state index in [2.05, 4.69) is 19.2 Å². The number of hydrogen-bond acceptors (Lipinski definition) is 1. The number of rotatable bonds is 9. The van der Waals surface area contributed by atoms with Gasteiger partial charge in [-0.3, -0.25) is 4.79 Å². The monoisotopic (exact) mass is 255 g/mol. The van der Waals surface area contributed by atoms with Crippen molar-refractivity contribution in [1.82, 2.24) is 5.32 Å². The number of hydrogen-bond donors (Lipinski definition) is 1. The van der Waals surface area contributed by atoms with Gasteiger partial charge in [0, 0.05) is 12.0 Å². The van der Waals surface area contributed by atoms with Crippen molar-refractivity contribution >= 4 is 5.91 Å². The molecule has 18 heavy (non-hydrogen) atoms.